The molecular weight excluding hydrogens is 855 g/mol. The number of pyridine rings is 1. The van der Waals surface area contributed by atoms with Gasteiger partial charge in [0, 0.05) is 45.1 Å². The predicted molar refractivity (Wildman–Crippen MR) is 289 cm³/mol. The van der Waals surface area contributed by atoms with Gasteiger partial charge in [-0.3, -0.25) is 4.98 Å². The molecular formula is C63H63N7. The smallest absolute Gasteiger partial charge is 0.164 e. The molecule has 7 nitrogen and oxygen atoms in total. The molecule has 0 fully saturated rings. The number of aromatic nitrogens is 7. The van der Waals surface area contributed by atoms with E-state index >= 15 is 0 Å². The Labute approximate surface area is 414 Å². The number of benzene rings is 6. The maximum absolute atomic E-state index is 5.27. The zero-order chi connectivity index (χ0) is 49.6. The molecule has 0 amide bonds. The summed E-state index contributed by atoms with van der Waals surface area (Å²) in [5.74, 6) is 3.45. The second kappa shape index (κ2) is 18.4. The summed E-state index contributed by atoms with van der Waals surface area (Å²) >= 11 is 0. The van der Waals surface area contributed by atoms with Gasteiger partial charge in [-0.1, -0.05) is 210 Å². The third kappa shape index (κ3) is 10.5. The Hall–Kier alpha value is -7.51. The van der Waals surface area contributed by atoms with E-state index in [2.05, 4.69) is 228 Å². The summed E-state index contributed by atoms with van der Waals surface area (Å²) in [6, 6.07) is 55.3. The molecule has 0 bridgehead atoms. The minimum atomic E-state index is -0.00405. The van der Waals surface area contributed by atoms with E-state index < -0.39 is 0 Å². The molecule has 3 heterocycles. The molecule has 350 valence electrons. The third-order valence-corrected chi connectivity index (χ3v) is 12.9. The van der Waals surface area contributed by atoms with Gasteiger partial charge < -0.3 is 0 Å². The van der Waals surface area contributed by atoms with Gasteiger partial charge in [-0.05, 0) is 85.4 Å². The van der Waals surface area contributed by atoms with Crippen LogP contribution in [0.5, 0.6) is 0 Å². The van der Waals surface area contributed by atoms with Crippen molar-refractivity contribution in [2.24, 2.45) is 0 Å². The molecule has 0 saturated heterocycles. The van der Waals surface area contributed by atoms with Crippen LogP contribution in [0, 0.1) is 0 Å². The van der Waals surface area contributed by atoms with E-state index in [1.807, 2.05) is 24.4 Å². The Morgan fingerprint density at radius 2 is 0.500 bits per heavy atom. The first-order valence-corrected chi connectivity index (χ1v) is 24.3. The van der Waals surface area contributed by atoms with Crippen molar-refractivity contribution < 1.29 is 0 Å². The Morgan fingerprint density at radius 3 is 0.771 bits per heavy atom. The SMILES string of the molecule is CC(C)(C)c1ccc(-c2nc(-c3ccc(C(C)(C)C)cc3)nc(-c3cc(-c4ccc(-c5ccccn5)cc4)cc(-c4nc(-c5ccc(C(C)(C)C)cc5)nc(-c5ccc(C(C)(C)C)cc5)n4)c3)n2)cc1. The third-order valence-electron chi connectivity index (χ3n) is 12.9. The topological polar surface area (TPSA) is 90.2 Å². The maximum Gasteiger partial charge on any atom is 0.164 e. The first-order chi connectivity index (χ1) is 33.2. The van der Waals surface area contributed by atoms with Gasteiger partial charge in [0.05, 0.1) is 5.69 Å². The molecule has 0 N–H and O–H groups in total. The quantitative estimate of drug-likeness (QED) is 0.150. The second-order valence-corrected chi connectivity index (χ2v) is 22.5. The molecule has 0 spiro atoms. The monoisotopic (exact) mass is 918 g/mol. The summed E-state index contributed by atoms with van der Waals surface area (Å²) in [4.78, 5) is 36.0. The highest BCUT2D eigenvalue weighted by atomic mass is 15.0. The van der Waals surface area contributed by atoms with Crippen LogP contribution in [0.1, 0.15) is 105 Å². The number of hydrogen-bond donors (Lipinski definition) is 0. The van der Waals surface area contributed by atoms with Crippen molar-refractivity contribution in [3.63, 3.8) is 0 Å². The average molecular weight is 918 g/mol. The molecule has 0 aliphatic carbocycles. The second-order valence-electron chi connectivity index (χ2n) is 22.5. The Morgan fingerprint density at radius 1 is 0.243 bits per heavy atom. The van der Waals surface area contributed by atoms with E-state index in [0.717, 1.165) is 55.8 Å². The average Bonchev–Trinajstić information content (AvgIpc) is 3.35. The Bertz CT molecular complexity index is 2940. The molecule has 0 aliphatic heterocycles. The molecule has 0 unspecified atom stereocenters. The molecule has 0 radical (unpaired) electrons. The van der Waals surface area contributed by atoms with Crippen molar-refractivity contribution in [1.29, 1.82) is 0 Å². The highest BCUT2D eigenvalue weighted by molar-refractivity contribution is 5.80. The molecule has 9 rings (SSSR count). The molecule has 0 atom stereocenters. The van der Waals surface area contributed by atoms with Crippen molar-refractivity contribution in [3.8, 4) is 90.7 Å². The predicted octanol–water partition coefficient (Wildman–Crippen LogP) is 16.0. The Balaban J connectivity index is 1.26. The fourth-order valence-electron chi connectivity index (χ4n) is 8.42. The van der Waals surface area contributed by atoms with E-state index in [4.69, 9.17) is 29.9 Å². The molecule has 9 aromatic rings. The zero-order valence-electron chi connectivity index (χ0n) is 42.7. The number of rotatable bonds is 8. The van der Waals surface area contributed by atoms with Crippen LogP contribution in [0.2, 0.25) is 0 Å². The summed E-state index contributed by atoms with van der Waals surface area (Å²) in [6.07, 6.45) is 1.82. The first-order valence-electron chi connectivity index (χ1n) is 24.3. The van der Waals surface area contributed by atoms with Crippen LogP contribution < -0.4 is 0 Å². The summed E-state index contributed by atoms with van der Waals surface area (Å²) in [7, 11) is 0. The van der Waals surface area contributed by atoms with E-state index in [1.165, 1.54) is 22.3 Å². The van der Waals surface area contributed by atoms with Gasteiger partial charge in [-0.15, -0.1) is 0 Å². The summed E-state index contributed by atoms with van der Waals surface area (Å²) in [5, 5.41) is 0. The van der Waals surface area contributed by atoms with Crippen molar-refractivity contribution in [2.75, 3.05) is 0 Å². The van der Waals surface area contributed by atoms with E-state index in [0.29, 0.717) is 34.9 Å². The van der Waals surface area contributed by atoms with E-state index in [-0.39, 0.29) is 21.7 Å². The lowest BCUT2D eigenvalue weighted by atomic mass is 9.86. The fraction of sp³-hybridized carbons (Fsp3) is 0.254. The molecule has 0 saturated carbocycles. The van der Waals surface area contributed by atoms with Crippen LogP contribution in [0.4, 0.5) is 0 Å². The minimum Gasteiger partial charge on any atom is -0.256 e. The van der Waals surface area contributed by atoms with Gasteiger partial charge in [-0.2, -0.15) is 0 Å². The van der Waals surface area contributed by atoms with Crippen LogP contribution in [0.3, 0.4) is 0 Å². The molecule has 0 aliphatic rings. The summed E-state index contributed by atoms with van der Waals surface area (Å²) in [6.45, 7) is 26.7. The van der Waals surface area contributed by atoms with Crippen LogP contribution >= 0.6 is 0 Å². The largest absolute Gasteiger partial charge is 0.256 e. The first kappa shape index (κ1) is 47.6. The Kier molecular flexibility index (Phi) is 12.5. The van der Waals surface area contributed by atoms with Crippen LogP contribution in [0.15, 0.2) is 164 Å². The van der Waals surface area contributed by atoms with Gasteiger partial charge >= 0.3 is 0 Å². The van der Waals surface area contributed by atoms with Gasteiger partial charge in [0.2, 0.25) is 0 Å². The summed E-state index contributed by atoms with van der Waals surface area (Å²) in [5.41, 5.74) is 14.1. The van der Waals surface area contributed by atoms with Gasteiger partial charge in [0.15, 0.2) is 34.9 Å². The molecule has 7 heteroatoms. The highest BCUT2D eigenvalue weighted by Crippen LogP contribution is 2.36. The fourth-order valence-corrected chi connectivity index (χ4v) is 8.42. The van der Waals surface area contributed by atoms with Crippen LogP contribution in [0.25, 0.3) is 90.7 Å². The zero-order valence-corrected chi connectivity index (χ0v) is 42.7. The van der Waals surface area contributed by atoms with Gasteiger partial charge in [0.25, 0.3) is 0 Å². The maximum atomic E-state index is 5.27. The van der Waals surface area contributed by atoms with E-state index in [9.17, 15) is 0 Å². The minimum absolute atomic E-state index is 0.00405. The van der Waals surface area contributed by atoms with E-state index in [1.54, 1.807) is 0 Å². The van der Waals surface area contributed by atoms with Crippen LogP contribution in [-0.4, -0.2) is 34.9 Å². The van der Waals surface area contributed by atoms with Crippen molar-refractivity contribution in [1.82, 2.24) is 34.9 Å². The number of hydrogen-bond acceptors (Lipinski definition) is 7. The van der Waals surface area contributed by atoms with Gasteiger partial charge in [0.1, 0.15) is 0 Å². The lowest BCUT2D eigenvalue weighted by Crippen LogP contribution is -2.11. The van der Waals surface area contributed by atoms with Crippen LogP contribution in [-0.2, 0) is 21.7 Å². The van der Waals surface area contributed by atoms with Gasteiger partial charge in [-0.25, -0.2) is 29.9 Å². The van der Waals surface area contributed by atoms with Crippen molar-refractivity contribution >= 4 is 0 Å². The lowest BCUT2D eigenvalue weighted by Gasteiger charge is -2.19. The molecule has 3 aromatic heterocycles. The molecule has 70 heavy (non-hydrogen) atoms. The lowest BCUT2D eigenvalue weighted by molar-refractivity contribution is 0.590. The van der Waals surface area contributed by atoms with Crippen molar-refractivity contribution in [3.05, 3.63) is 186 Å². The highest BCUT2D eigenvalue weighted by Gasteiger charge is 2.22. The molecule has 6 aromatic carbocycles. The number of nitrogens with zero attached hydrogens (tertiary/aromatic N) is 7. The van der Waals surface area contributed by atoms with Crippen molar-refractivity contribution in [2.45, 2.75) is 105 Å². The standard InChI is InChI=1S/C63H63N7/c1-60(2,3)49-28-20-42(21-29-49)54-65-55(43-22-30-50(31-23-43)61(4,5)6)68-58(67-54)47-37-46(40-16-18-41(19-17-40)53-15-13-14-36-64-53)38-48(39-47)59-69-56(44-24-32-51(33-25-44)62(7,8)9)66-57(70-59)45-26-34-52(35-27-45)63(10,11)12/h13-39H,1-12H3. The summed E-state index contributed by atoms with van der Waals surface area (Å²) < 4.78 is 0. The normalized spacial score (nSPS) is 12.3.